The molecular formula is C10H13BrO. The third kappa shape index (κ3) is 1.70. The highest BCUT2D eigenvalue weighted by Gasteiger charge is 2.08. The molecule has 0 aliphatic rings. The molecule has 0 saturated heterocycles. The van der Waals surface area contributed by atoms with E-state index < -0.39 is 0 Å². The number of hydrogen-bond donors (Lipinski definition) is 1. The number of benzene rings is 1. The quantitative estimate of drug-likeness (QED) is 0.784. The lowest BCUT2D eigenvalue weighted by molar-refractivity contribution is 0.198. The molecule has 0 heterocycles. The highest BCUT2D eigenvalue weighted by molar-refractivity contribution is 9.10. The smallest absolute Gasteiger partial charge is 0.0764 e. The van der Waals surface area contributed by atoms with E-state index in [-0.39, 0.29) is 6.10 Å². The van der Waals surface area contributed by atoms with Crippen LogP contribution in [-0.4, -0.2) is 5.11 Å². The minimum Gasteiger partial charge on any atom is -0.389 e. The van der Waals surface area contributed by atoms with Crippen LogP contribution in [0.1, 0.15) is 29.7 Å². The van der Waals surface area contributed by atoms with E-state index in [0.717, 1.165) is 15.6 Å². The van der Waals surface area contributed by atoms with Crippen LogP contribution in [0.2, 0.25) is 0 Å². The highest BCUT2D eigenvalue weighted by Crippen LogP contribution is 2.27. The van der Waals surface area contributed by atoms with Crippen molar-refractivity contribution in [3.05, 3.63) is 33.3 Å². The maximum atomic E-state index is 9.40. The Bertz CT molecular complexity index is 292. The molecule has 0 amide bonds. The lowest BCUT2D eigenvalue weighted by Gasteiger charge is -2.11. The van der Waals surface area contributed by atoms with Crippen LogP contribution in [0.5, 0.6) is 0 Å². The Morgan fingerprint density at radius 1 is 1.33 bits per heavy atom. The predicted molar refractivity (Wildman–Crippen MR) is 54.2 cm³/mol. The third-order valence-corrected chi connectivity index (χ3v) is 3.29. The average Bonchev–Trinajstić information content (AvgIpc) is 2.00. The van der Waals surface area contributed by atoms with Gasteiger partial charge in [-0.15, -0.1) is 0 Å². The standard InChI is InChI=1S/C10H13BrO/c1-6-4-5-9(8(3)12)7(2)10(6)11/h4-5,8,12H,1-3H3/t8-/m0/s1. The Balaban J connectivity index is 3.27. The first-order valence-electron chi connectivity index (χ1n) is 3.97. The van der Waals surface area contributed by atoms with E-state index in [0.29, 0.717) is 0 Å². The minimum atomic E-state index is -0.387. The van der Waals surface area contributed by atoms with Crippen LogP contribution in [0.4, 0.5) is 0 Å². The van der Waals surface area contributed by atoms with Crippen molar-refractivity contribution in [2.45, 2.75) is 26.9 Å². The van der Waals surface area contributed by atoms with Gasteiger partial charge in [-0.1, -0.05) is 28.1 Å². The number of hydrogen-bond acceptors (Lipinski definition) is 1. The van der Waals surface area contributed by atoms with Crippen molar-refractivity contribution in [3.8, 4) is 0 Å². The van der Waals surface area contributed by atoms with Crippen LogP contribution in [0.3, 0.4) is 0 Å². The molecule has 1 rings (SSSR count). The Kier molecular flexibility index (Phi) is 2.91. The van der Waals surface area contributed by atoms with Crippen molar-refractivity contribution in [3.63, 3.8) is 0 Å². The minimum absolute atomic E-state index is 0.387. The Morgan fingerprint density at radius 3 is 2.42 bits per heavy atom. The summed E-state index contributed by atoms with van der Waals surface area (Å²) in [5, 5.41) is 9.40. The summed E-state index contributed by atoms with van der Waals surface area (Å²) < 4.78 is 1.10. The van der Waals surface area contributed by atoms with E-state index in [1.54, 1.807) is 6.92 Å². The summed E-state index contributed by atoms with van der Waals surface area (Å²) in [5.74, 6) is 0. The summed E-state index contributed by atoms with van der Waals surface area (Å²) in [6.45, 7) is 5.84. The fourth-order valence-electron chi connectivity index (χ4n) is 1.29. The molecule has 1 aromatic rings. The zero-order valence-corrected chi connectivity index (χ0v) is 9.14. The molecule has 0 radical (unpaired) electrons. The van der Waals surface area contributed by atoms with Gasteiger partial charge in [0.15, 0.2) is 0 Å². The normalized spacial score (nSPS) is 13.1. The molecule has 2 heteroatoms. The Labute approximate surface area is 81.6 Å². The zero-order valence-electron chi connectivity index (χ0n) is 7.56. The summed E-state index contributed by atoms with van der Waals surface area (Å²) in [5.41, 5.74) is 3.33. The van der Waals surface area contributed by atoms with Gasteiger partial charge in [-0.25, -0.2) is 0 Å². The largest absolute Gasteiger partial charge is 0.389 e. The van der Waals surface area contributed by atoms with Crippen LogP contribution in [0, 0.1) is 13.8 Å². The molecule has 1 N–H and O–H groups in total. The Morgan fingerprint density at radius 2 is 1.92 bits per heavy atom. The van der Waals surface area contributed by atoms with Gasteiger partial charge in [0.25, 0.3) is 0 Å². The lowest BCUT2D eigenvalue weighted by Crippen LogP contribution is -1.96. The van der Waals surface area contributed by atoms with Crippen LogP contribution in [0.15, 0.2) is 16.6 Å². The summed E-state index contributed by atoms with van der Waals surface area (Å²) in [6.07, 6.45) is -0.387. The molecule has 1 aromatic carbocycles. The molecule has 0 aromatic heterocycles. The fourth-order valence-corrected chi connectivity index (χ4v) is 1.65. The summed E-state index contributed by atoms with van der Waals surface area (Å²) >= 11 is 3.49. The van der Waals surface area contributed by atoms with E-state index in [1.165, 1.54) is 5.56 Å². The fraction of sp³-hybridized carbons (Fsp3) is 0.400. The van der Waals surface area contributed by atoms with Gasteiger partial charge < -0.3 is 5.11 Å². The molecule has 12 heavy (non-hydrogen) atoms. The van der Waals surface area contributed by atoms with Gasteiger partial charge in [-0.2, -0.15) is 0 Å². The molecule has 1 nitrogen and oxygen atoms in total. The first kappa shape index (κ1) is 9.75. The van der Waals surface area contributed by atoms with E-state index in [2.05, 4.69) is 15.9 Å². The van der Waals surface area contributed by atoms with E-state index >= 15 is 0 Å². The Hall–Kier alpha value is -0.340. The summed E-state index contributed by atoms with van der Waals surface area (Å²) in [7, 11) is 0. The van der Waals surface area contributed by atoms with Crippen LogP contribution < -0.4 is 0 Å². The van der Waals surface area contributed by atoms with E-state index in [4.69, 9.17) is 0 Å². The zero-order chi connectivity index (χ0) is 9.30. The molecule has 66 valence electrons. The molecule has 0 saturated carbocycles. The molecule has 0 aliphatic carbocycles. The van der Waals surface area contributed by atoms with Crippen molar-refractivity contribution in [1.82, 2.24) is 0 Å². The topological polar surface area (TPSA) is 20.2 Å². The second-order valence-corrected chi connectivity index (χ2v) is 3.88. The second kappa shape index (κ2) is 3.58. The van der Waals surface area contributed by atoms with Gasteiger partial charge in [0.2, 0.25) is 0 Å². The second-order valence-electron chi connectivity index (χ2n) is 3.09. The van der Waals surface area contributed by atoms with Crippen molar-refractivity contribution in [2.75, 3.05) is 0 Å². The molecule has 0 bridgehead atoms. The molecule has 1 atom stereocenters. The molecule has 0 aliphatic heterocycles. The predicted octanol–water partition coefficient (Wildman–Crippen LogP) is 3.12. The maximum Gasteiger partial charge on any atom is 0.0764 e. The van der Waals surface area contributed by atoms with Crippen LogP contribution in [0.25, 0.3) is 0 Å². The molecule has 0 spiro atoms. The SMILES string of the molecule is Cc1ccc([C@H](C)O)c(C)c1Br. The van der Waals surface area contributed by atoms with Crippen molar-refractivity contribution in [2.24, 2.45) is 0 Å². The van der Waals surface area contributed by atoms with Crippen LogP contribution >= 0.6 is 15.9 Å². The highest BCUT2D eigenvalue weighted by atomic mass is 79.9. The van der Waals surface area contributed by atoms with Gasteiger partial charge in [0.05, 0.1) is 6.10 Å². The number of aliphatic hydroxyl groups excluding tert-OH is 1. The summed E-state index contributed by atoms with van der Waals surface area (Å²) in [4.78, 5) is 0. The monoisotopic (exact) mass is 228 g/mol. The van der Waals surface area contributed by atoms with Crippen molar-refractivity contribution in [1.29, 1.82) is 0 Å². The van der Waals surface area contributed by atoms with Crippen molar-refractivity contribution < 1.29 is 5.11 Å². The molecule has 0 unspecified atom stereocenters. The lowest BCUT2D eigenvalue weighted by atomic mass is 10.0. The average molecular weight is 229 g/mol. The number of halogens is 1. The van der Waals surface area contributed by atoms with Crippen molar-refractivity contribution >= 4 is 15.9 Å². The van der Waals surface area contributed by atoms with Gasteiger partial charge >= 0.3 is 0 Å². The number of rotatable bonds is 1. The maximum absolute atomic E-state index is 9.40. The van der Waals surface area contributed by atoms with E-state index in [1.807, 2.05) is 26.0 Å². The van der Waals surface area contributed by atoms with Crippen LogP contribution in [-0.2, 0) is 0 Å². The van der Waals surface area contributed by atoms with Gasteiger partial charge in [0, 0.05) is 4.47 Å². The first-order chi connectivity index (χ1) is 5.54. The summed E-state index contributed by atoms with van der Waals surface area (Å²) in [6, 6.07) is 3.99. The van der Waals surface area contributed by atoms with E-state index in [9.17, 15) is 5.11 Å². The first-order valence-corrected chi connectivity index (χ1v) is 4.77. The van der Waals surface area contributed by atoms with Gasteiger partial charge in [0.1, 0.15) is 0 Å². The molecule has 0 fully saturated rings. The molecular weight excluding hydrogens is 216 g/mol. The third-order valence-electron chi connectivity index (χ3n) is 2.07. The number of aryl methyl sites for hydroxylation is 1. The van der Waals surface area contributed by atoms with Gasteiger partial charge in [-0.3, -0.25) is 0 Å². The number of aliphatic hydroxyl groups is 1. The van der Waals surface area contributed by atoms with Gasteiger partial charge in [-0.05, 0) is 37.5 Å².